The van der Waals surface area contributed by atoms with Gasteiger partial charge >= 0.3 is 0 Å². The number of rotatable bonds is 4. The predicted molar refractivity (Wildman–Crippen MR) is 91.5 cm³/mol. The molecule has 118 valence electrons. The van der Waals surface area contributed by atoms with Crippen molar-refractivity contribution < 1.29 is 9.15 Å². The molecular weight excluding hydrogens is 286 g/mol. The molecule has 1 N–H and O–H groups in total. The molecule has 0 bridgehead atoms. The van der Waals surface area contributed by atoms with Crippen LogP contribution in [0, 0.1) is 0 Å². The van der Waals surface area contributed by atoms with E-state index in [2.05, 4.69) is 53.8 Å². The highest BCUT2D eigenvalue weighted by Crippen LogP contribution is 2.29. The molecule has 23 heavy (non-hydrogen) atoms. The van der Waals surface area contributed by atoms with Gasteiger partial charge in [-0.2, -0.15) is 0 Å². The zero-order chi connectivity index (χ0) is 15.5. The van der Waals surface area contributed by atoms with Gasteiger partial charge in [-0.05, 0) is 40.9 Å². The van der Waals surface area contributed by atoms with Gasteiger partial charge in [0.2, 0.25) is 0 Å². The van der Waals surface area contributed by atoms with Crippen molar-refractivity contribution in [2.45, 2.75) is 25.0 Å². The molecule has 0 amide bonds. The Labute approximate surface area is 136 Å². The Morgan fingerprint density at radius 2 is 2.00 bits per heavy atom. The van der Waals surface area contributed by atoms with Gasteiger partial charge in [0.25, 0.3) is 0 Å². The van der Waals surface area contributed by atoms with Crippen LogP contribution < -0.4 is 5.32 Å². The Morgan fingerprint density at radius 3 is 2.91 bits per heavy atom. The van der Waals surface area contributed by atoms with Gasteiger partial charge in [-0.25, -0.2) is 0 Å². The third-order valence-corrected chi connectivity index (χ3v) is 4.73. The molecule has 0 radical (unpaired) electrons. The summed E-state index contributed by atoms with van der Waals surface area (Å²) in [6, 6.07) is 16.9. The zero-order valence-corrected chi connectivity index (χ0v) is 13.1. The van der Waals surface area contributed by atoms with Crippen LogP contribution in [-0.4, -0.2) is 19.2 Å². The van der Waals surface area contributed by atoms with Crippen molar-refractivity contribution in [3.63, 3.8) is 0 Å². The molecule has 2 atom stereocenters. The van der Waals surface area contributed by atoms with Crippen LogP contribution in [0.4, 0.5) is 0 Å². The minimum Gasteiger partial charge on any atom is -0.472 e. The number of fused-ring (bicyclic) bond motifs is 1. The number of ether oxygens (including phenoxy) is 1. The predicted octanol–water partition coefficient (Wildman–Crippen LogP) is 4.10. The van der Waals surface area contributed by atoms with Crippen molar-refractivity contribution in [1.29, 1.82) is 0 Å². The molecule has 0 spiro atoms. The van der Waals surface area contributed by atoms with E-state index < -0.39 is 0 Å². The van der Waals surface area contributed by atoms with E-state index in [1.54, 1.807) is 6.26 Å². The summed E-state index contributed by atoms with van der Waals surface area (Å²) in [4.78, 5) is 0. The summed E-state index contributed by atoms with van der Waals surface area (Å²) < 4.78 is 11.6. The standard InChI is InChI=1S/C20H21NO2/c1-2-7-18-15(4-1)5-3-6-16(18)14-23-20-12-21-10-8-19(20)17-9-11-22-13-17/h1-7,9,11,13,19-21H,8,10,12,14H2/t19-,20+/m0/s1. The molecule has 0 unspecified atom stereocenters. The number of nitrogens with one attached hydrogen (secondary N) is 1. The second kappa shape index (κ2) is 6.57. The largest absolute Gasteiger partial charge is 0.472 e. The van der Waals surface area contributed by atoms with E-state index in [1.165, 1.54) is 21.9 Å². The van der Waals surface area contributed by atoms with Crippen LogP contribution in [0.25, 0.3) is 10.8 Å². The highest BCUT2D eigenvalue weighted by molar-refractivity contribution is 5.85. The molecule has 3 aromatic rings. The summed E-state index contributed by atoms with van der Waals surface area (Å²) in [5.41, 5.74) is 2.49. The van der Waals surface area contributed by atoms with Gasteiger partial charge in [0.15, 0.2) is 0 Å². The summed E-state index contributed by atoms with van der Waals surface area (Å²) in [6.07, 6.45) is 4.86. The topological polar surface area (TPSA) is 34.4 Å². The van der Waals surface area contributed by atoms with Gasteiger partial charge in [0.05, 0.1) is 25.2 Å². The first-order valence-electron chi connectivity index (χ1n) is 8.23. The third kappa shape index (κ3) is 3.03. The van der Waals surface area contributed by atoms with Crippen molar-refractivity contribution in [3.05, 3.63) is 72.2 Å². The Kier molecular flexibility index (Phi) is 4.14. The average molecular weight is 307 g/mol. The van der Waals surface area contributed by atoms with Crippen LogP contribution >= 0.6 is 0 Å². The second-order valence-corrected chi connectivity index (χ2v) is 6.14. The SMILES string of the molecule is c1ccc2c(CO[C@@H]3CNCC[C@H]3c3ccoc3)cccc2c1. The van der Waals surface area contributed by atoms with E-state index in [1.807, 2.05) is 6.26 Å². The van der Waals surface area contributed by atoms with Crippen molar-refractivity contribution >= 4 is 10.8 Å². The molecule has 1 saturated heterocycles. The molecule has 2 heterocycles. The first-order valence-corrected chi connectivity index (χ1v) is 8.23. The van der Waals surface area contributed by atoms with Crippen LogP contribution in [0.5, 0.6) is 0 Å². The maximum Gasteiger partial charge on any atom is 0.0938 e. The van der Waals surface area contributed by atoms with E-state index >= 15 is 0 Å². The fraction of sp³-hybridized carbons (Fsp3) is 0.300. The van der Waals surface area contributed by atoms with Gasteiger partial charge in [0.1, 0.15) is 0 Å². The molecule has 1 aromatic heterocycles. The molecule has 4 rings (SSSR count). The van der Waals surface area contributed by atoms with Gasteiger partial charge in [0, 0.05) is 12.5 Å². The van der Waals surface area contributed by atoms with Crippen molar-refractivity contribution in [2.75, 3.05) is 13.1 Å². The fourth-order valence-corrected chi connectivity index (χ4v) is 3.49. The molecule has 3 nitrogen and oxygen atoms in total. The highest BCUT2D eigenvalue weighted by atomic mass is 16.5. The minimum absolute atomic E-state index is 0.181. The monoisotopic (exact) mass is 307 g/mol. The van der Waals surface area contributed by atoms with E-state index in [0.29, 0.717) is 12.5 Å². The van der Waals surface area contributed by atoms with Gasteiger partial charge in [-0.15, -0.1) is 0 Å². The van der Waals surface area contributed by atoms with Crippen LogP contribution in [0.1, 0.15) is 23.5 Å². The van der Waals surface area contributed by atoms with Gasteiger partial charge in [-0.1, -0.05) is 42.5 Å². The minimum atomic E-state index is 0.181. The first-order chi connectivity index (χ1) is 11.4. The summed E-state index contributed by atoms with van der Waals surface area (Å²) in [5.74, 6) is 0.407. The normalized spacial score (nSPS) is 21.6. The van der Waals surface area contributed by atoms with Crippen LogP contribution in [0.2, 0.25) is 0 Å². The Bertz CT molecular complexity index is 761. The molecular formula is C20H21NO2. The number of hydrogen-bond donors (Lipinski definition) is 1. The smallest absolute Gasteiger partial charge is 0.0938 e. The number of piperidine rings is 1. The summed E-state index contributed by atoms with van der Waals surface area (Å²) in [6.45, 7) is 2.56. The van der Waals surface area contributed by atoms with Crippen molar-refractivity contribution in [1.82, 2.24) is 5.32 Å². The van der Waals surface area contributed by atoms with E-state index in [9.17, 15) is 0 Å². The summed E-state index contributed by atoms with van der Waals surface area (Å²) in [5, 5.41) is 5.99. The number of hydrogen-bond acceptors (Lipinski definition) is 3. The van der Waals surface area contributed by atoms with Crippen LogP contribution in [-0.2, 0) is 11.3 Å². The lowest BCUT2D eigenvalue weighted by molar-refractivity contribution is 0.0110. The molecule has 2 aromatic carbocycles. The number of furan rings is 1. The molecule has 0 aliphatic carbocycles. The molecule has 1 aliphatic rings. The first kappa shape index (κ1) is 14.5. The third-order valence-electron chi connectivity index (χ3n) is 4.73. The summed E-state index contributed by atoms with van der Waals surface area (Å²) in [7, 11) is 0. The number of benzene rings is 2. The van der Waals surface area contributed by atoms with E-state index in [4.69, 9.17) is 9.15 Å². The zero-order valence-electron chi connectivity index (χ0n) is 13.1. The molecule has 1 aliphatic heterocycles. The van der Waals surface area contributed by atoms with Crippen LogP contribution in [0.3, 0.4) is 0 Å². The molecule has 1 fully saturated rings. The highest BCUT2D eigenvalue weighted by Gasteiger charge is 2.27. The Hall–Kier alpha value is -2.10. The summed E-state index contributed by atoms with van der Waals surface area (Å²) >= 11 is 0. The molecule has 3 heteroatoms. The second-order valence-electron chi connectivity index (χ2n) is 6.14. The van der Waals surface area contributed by atoms with Crippen LogP contribution in [0.15, 0.2) is 65.5 Å². The lowest BCUT2D eigenvalue weighted by Crippen LogP contribution is -2.40. The molecule has 0 saturated carbocycles. The van der Waals surface area contributed by atoms with E-state index in [0.717, 1.165) is 19.5 Å². The maximum absolute atomic E-state index is 6.31. The Balaban J connectivity index is 1.52. The Morgan fingerprint density at radius 1 is 1.09 bits per heavy atom. The van der Waals surface area contributed by atoms with Crippen molar-refractivity contribution in [3.8, 4) is 0 Å². The quantitative estimate of drug-likeness (QED) is 0.788. The van der Waals surface area contributed by atoms with E-state index in [-0.39, 0.29) is 6.10 Å². The van der Waals surface area contributed by atoms with Crippen molar-refractivity contribution in [2.24, 2.45) is 0 Å². The van der Waals surface area contributed by atoms with Gasteiger partial charge in [-0.3, -0.25) is 0 Å². The maximum atomic E-state index is 6.31. The lowest BCUT2D eigenvalue weighted by Gasteiger charge is -2.31. The average Bonchev–Trinajstić information content (AvgIpc) is 3.14. The lowest BCUT2D eigenvalue weighted by atomic mass is 9.89. The fourth-order valence-electron chi connectivity index (χ4n) is 3.49. The van der Waals surface area contributed by atoms with Gasteiger partial charge < -0.3 is 14.5 Å².